The van der Waals surface area contributed by atoms with Crippen molar-refractivity contribution in [1.29, 1.82) is 0 Å². The van der Waals surface area contributed by atoms with E-state index >= 15 is 0 Å². The van der Waals surface area contributed by atoms with Gasteiger partial charge in [-0.15, -0.1) is 0 Å². The van der Waals surface area contributed by atoms with E-state index in [9.17, 15) is 5.11 Å². The van der Waals surface area contributed by atoms with E-state index in [1.807, 2.05) is 12.1 Å². The number of nitrogens with one attached hydrogen (secondary N) is 1. The van der Waals surface area contributed by atoms with E-state index in [4.69, 9.17) is 0 Å². The number of aromatic hydroxyl groups is 1. The first-order chi connectivity index (χ1) is 7.66. The van der Waals surface area contributed by atoms with E-state index in [2.05, 4.69) is 19.2 Å². The molecule has 0 bridgehead atoms. The Labute approximate surface area is 97.7 Å². The second kappa shape index (κ2) is 4.77. The Morgan fingerprint density at radius 2 is 1.81 bits per heavy atom. The fourth-order valence-electron chi connectivity index (χ4n) is 2.56. The molecule has 0 aliphatic heterocycles. The van der Waals surface area contributed by atoms with E-state index in [1.54, 1.807) is 12.1 Å². The quantitative estimate of drug-likeness (QED) is 0.744. The molecule has 1 fully saturated rings. The Kier molecular flexibility index (Phi) is 3.37. The lowest BCUT2D eigenvalue weighted by Crippen LogP contribution is -2.34. The smallest absolute Gasteiger partial charge is 0.115 e. The second-order valence-corrected chi connectivity index (χ2v) is 5.07. The molecule has 2 heteroatoms. The van der Waals surface area contributed by atoms with Crippen molar-refractivity contribution in [2.24, 2.45) is 11.8 Å². The lowest BCUT2D eigenvalue weighted by Gasteiger charge is -2.35. The summed E-state index contributed by atoms with van der Waals surface area (Å²) in [6.45, 7) is 4.68. The summed E-state index contributed by atoms with van der Waals surface area (Å²) in [5.74, 6) is 1.86. The summed E-state index contributed by atoms with van der Waals surface area (Å²) in [5.41, 5.74) is 1.11. The molecule has 88 valence electrons. The van der Waals surface area contributed by atoms with E-state index in [0.717, 1.165) is 17.5 Å². The molecule has 3 atom stereocenters. The largest absolute Gasteiger partial charge is 0.508 e. The molecule has 1 aliphatic rings. The normalized spacial score (nSPS) is 30.0. The molecule has 1 aromatic carbocycles. The molecule has 1 saturated carbocycles. The Balaban J connectivity index is 2.00. The number of rotatable bonds is 2. The lowest BCUT2D eigenvalue weighted by molar-refractivity contribution is 0.253. The van der Waals surface area contributed by atoms with Crippen LogP contribution in [-0.4, -0.2) is 11.1 Å². The third kappa shape index (κ3) is 2.49. The van der Waals surface area contributed by atoms with Crippen LogP contribution in [0, 0.1) is 11.8 Å². The highest BCUT2D eigenvalue weighted by atomic mass is 16.3. The van der Waals surface area contributed by atoms with Gasteiger partial charge in [-0.3, -0.25) is 0 Å². The summed E-state index contributed by atoms with van der Waals surface area (Å²) in [7, 11) is 0. The first kappa shape index (κ1) is 11.3. The van der Waals surface area contributed by atoms with Crippen molar-refractivity contribution in [2.75, 3.05) is 5.32 Å². The zero-order valence-electron chi connectivity index (χ0n) is 10.1. The molecule has 2 rings (SSSR count). The van der Waals surface area contributed by atoms with Crippen LogP contribution >= 0.6 is 0 Å². The van der Waals surface area contributed by atoms with Crippen molar-refractivity contribution >= 4 is 5.69 Å². The standard InChI is InChI=1S/C14H21NO/c1-10-4-3-5-14(11(10)2)15-12-6-8-13(16)9-7-12/h6-11,14-16H,3-5H2,1-2H3. The molecule has 1 aromatic rings. The molecule has 0 amide bonds. The maximum atomic E-state index is 9.23. The average molecular weight is 219 g/mol. The van der Waals surface area contributed by atoms with Gasteiger partial charge in [-0.1, -0.05) is 26.7 Å². The van der Waals surface area contributed by atoms with Gasteiger partial charge in [0.1, 0.15) is 5.75 Å². The summed E-state index contributed by atoms with van der Waals surface area (Å²) in [6, 6.07) is 7.94. The van der Waals surface area contributed by atoms with E-state index in [1.165, 1.54) is 19.3 Å². The molecule has 0 spiro atoms. The SMILES string of the molecule is CC1CCCC(Nc2ccc(O)cc2)C1C. The summed E-state index contributed by atoms with van der Waals surface area (Å²) < 4.78 is 0. The number of benzene rings is 1. The molecular formula is C14H21NO. The number of hydrogen-bond acceptors (Lipinski definition) is 2. The number of anilines is 1. The van der Waals surface area contributed by atoms with Crippen LogP contribution in [0.25, 0.3) is 0 Å². The van der Waals surface area contributed by atoms with E-state index in [0.29, 0.717) is 11.8 Å². The van der Waals surface area contributed by atoms with Gasteiger partial charge in [-0.25, -0.2) is 0 Å². The Morgan fingerprint density at radius 1 is 1.12 bits per heavy atom. The van der Waals surface area contributed by atoms with E-state index in [-0.39, 0.29) is 0 Å². The highest BCUT2D eigenvalue weighted by Crippen LogP contribution is 2.31. The minimum atomic E-state index is 0.329. The van der Waals surface area contributed by atoms with Crippen LogP contribution in [0.1, 0.15) is 33.1 Å². The highest BCUT2D eigenvalue weighted by Gasteiger charge is 2.26. The predicted molar refractivity (Wildman–Crippen MR) is 67.7 cm³/mol. The van der Waals surface area contributed by atoms with Gasteiger partial charge < -0.3 is 10.4 Å². The molecule has 16 heavy (non-hydrogen) atoms. The fraction of sp³-hybridized carbons (Fsp3) is 0.571. The van der Waals surface area contributed by atoms with Crippen LogP contribution in [0.2, 0.25) is 0 Å². The topological polar surface area (TPSA) is 32.3 Å². The first-order valence-electron chi connectivity index (χ1n) is 6.22. The molecule has 1 aliphatic carbocycles. The summed E-state index contributed by atoms with van der Waals surface area (Å²) in [6.07, 6.45) is 3.93. The molecule has 2 nitrogen and oxygen atoms in total. The Hall–Kier alpha value is -1.18. The van der Waals surface area contributed by atoms with Gasteiger partial charge >= 0.3 is 0 Å². The van der Waals surface area contributed by atoms with Crippen molar-refractivity contribution < 1.29 is 5.11 Å². The molecule has 2 N–H and O–H groups in total. The monoisotopic (exact) mass is 219 g/mol. The summed E-state index contributed by atoms with van der Waals surface area (Å²) in [4.78, 5) is 0. The van der Waals surface area contributed by atoms with Crippen LogP contribution in [0.4, 0.5) is 5.69 Å². The van der Waals surface area contributed by atoms with Crippen LogP contribution in [-0.2, 0) is 0 Å². The molecule has 0 radical (unpaired) electrons. The number of phenols is 1. The summed E-state index contributed by atoms with van der Waals surface area (Å²) >= 11 is 0. The van der Waals surface area contributed by atoms with Gasteiger partial charge in [0.2, 0.25) is 0 Å². The summed E-state index contributed by atoms with van der Waals surface area (Å²) in [5, 5.41) is 12.8. The Morgan fingerprint density at radius 3 is 2.50 bits per heavy atom. The third-order valence-electron chi connectivity index (χ3n) is 3.93. The van der Waals surface area contributed by atoms with Crippen LogP contribution in [0.3, 0.4) is 0 Å². The minimum Gasteiger partial charge on any atom is -0.508 e. The molecule has 0 saturated heterocycles. The Bertz CT molecular complexity index is 333. The van der Waals surface area contributed by atoms with Crippen LogP contribution in [0.5, 0.6) is 5.75 Å². The zero-order valence-corrected chi connectivity index (χ0v) is 10.1. The minimum absolute atomic E-state index is 0.329. The highest BCUT2D eigenvalue weighted by molar-refractivity contribution is 5.46. The van der Waals surface area contributed by atoms with Gasteiger partial charge in [-0.05, 0) is 42.5 Å². The molecule has 0 heterocycles. The third-order valence-corrected chi connectivity index (χ3v) is 3.93. The molecular weight excluding hydrogens is 198 g/mol. The van der Waals surface area contributed by atoms with Gasteiger partial charge in [0, 0.05) is 11.7 Å². The van der Waals surface area contributed by atoms with E-state index < -0.39 is 0 Å². The molecule has 3 unspecified atom stereocenters. The fourth-order valence-corrected chi connectivity index (χ4v) is 2.56. The van der Waals surface area contributed by atoms with Crippen LogP contribution < -0.4 is 5.32 Å². The zero-order chi connectivity index (χ0) is 11.5. The van der Waals surface area contributed by atoms with Crippen molar-refractivity contribution in [2.45, 2.75) is 39.2 Å². The second-order valence-electron chi connectivity index (χ2n) is 5.07. The first-order valence-corrected chi connectivity index (χ1v) is 6.22. The van der Waals surface area contributed by atoms with Gasteiger partial charge in [0.05, 0.1) is 0 Å². The predicted octanol–water partition coefficient (Wildman–Crippen LogP) is 3.63. The average Bonchev–Trinajstić information content (AvgIpc) is 2.28. The van der Waals surface area contributed by atoms with Crippen molar-refractivity contribution in [3.05, 3.63) is 24.3 Å². The van der Waals surface area contributed by atoms with Gasteiger partial charge in [0.15, 0.2) is 0 Å². The van der Waals surface area contributed by atoms with Gasteiger partial charge in [0.25, 0.3) is 0 Å². The van der Waals surface area contributed by atoms with Gasteiger partial charge in [-0.2, -0.15) is 0 Å². The van der Waals surface area contributed by atoms with Crippen LogP contribution in [0.15, 0.2) is 24.3 Å². The van der Waals surface area contributed by atoms with Crippen molar-refractivity contribution in [3.63, 3.8) is 0 Å². The van der Waals surface area contributed by atoms with Crippen molar-refractivity contribution in [1.82, 2.24) is 0 Å². The number of phenolic OH excluding ortho intramolecular Hbond substituents is 1. The maximum Gasteiger partial charge on any atom is 0.115 e. The lowest BCUT2D eigenvalue weighted by atomic mass is 9.78. The maximum absolute atomic E-state index is 9.23. The molecule has 0 aromatic heterocycles. The van der Waals surface area contributed by atoms with Crippen molar-refractivity contribution in [3.8, 4) is 5.75 Å². The number of hydrogen-bond donors (Lipinski definition) is 2.